The molecule has 20 heavy (non-hydrogen) atoms. The molecule has 0 radical (unpaired) electrons. The second-order valence-corrected chi connectivity index (χ2v) is 4.07. The van der Waals surface area contributed by atoms with E-state index in [1.54, 1.807) is 18.2 Å². The molecule has 0 N–H and O–H groups in total. The summed E-state index contributed by atoms with van der Waals surface area (Å²) in [6, 6.07) is 11.6. The van der Waals surface area contributed by atoms with E-state index in [2.05, 4.69) is 4.74 Å². The van der Waals surface area contributed by atoms with Crippen LogP contribution in [0.4, 0.5) is 13.2 Å². The van der Waals surface area contributed by atoms with Gasteiger partial charge in [-0.15, -0.1) is 0 Å². The van der Waals surface area contributed by atoms with Crippen molar-refractivity contribution in [1.82, 2.24) is 0 Å². The Labute approximate surface area is 112 Å². The number of halogens is 3. The minimum Gasteiger partial charge on any atom is -0.469 e. The summed E-state index contributed by atoms with van der Waals surface area (Å²) in [7, 11) is 0.880. The first-order valence-electron chi connectivity index (χ1n) is 5.72. The largest absolute Gasteiger partial charge is 0.469 e. The minimum atomic E-state index is -4.83. The van der Waals surface area contributed by atoms with Crippen molar-refractivity contribution in [2.45, 2.75) is 12.3 Å². The number of carbonyl (C=O) groups excluding carboxylic acids is 1. The second-order valence-electron chi connectivity index (χ2n) is 4.07. The quantitative estimate of drug-likeness (QED) is 0.811. The zero-order chi connectivity index (χ0) is 14.8. The lowest BCUT2D eigenvalue weighted by Gasteiger charge is -2.19. The number of fused-ring (bicyclic) bond motifs is 1. The third-order valence-corrected chi connectivity index (χ3v) is 2.69. The van der Waals surface area contributed by atoms with Gasteiger partial charge in [-0.1, -0.05) is 30.3 Å². The first-order chi connectivity index (χ1) is 9.41. The zero-order valence-electron chi connectivity index (χ0n) is 10.5. The molecule has 6 heteroatoms. The minimum absolute atomic E-state index is 0.0450. The van der Waals surface area contributed by atoms with E-state index in [1.807, 2.05) is 12.1 Å². The molecule has 0 aromatic heterocycles. The van der Waals surface area contributed by atoms with Crippen LogP contribution in [0.3, 0.4) is 0 Å². The average Bonchev–Trinajstić information content (AvgIpc) is 2.42. The molecule has 2 rings (SSSR count). The SMILES string of the molecule is COC(=O)[C@@H](Oc1ccc2ccccc2c1)C(F)(F)F. The van der Waals surface area contributed by atoms with E-state index in [4.69, 9.17) is 4.74 Å². The van der Waals surface area contributed by atoms with Crippen molar-refractivity contribution in [1.29, 1.82) is 0 Å². The van der Waals surface area contributed by atoms with Crippen LogP contribution in [0.1, 0.15) is 0 Å². The molecule has 3 nitrogen and oxygen atoms in total. The van der Waals surface area contributed by atoms with Crippen molar-refractivity contribution in [3.63, 3.8) is 0 Å². The van der Waals surface area contributed by atoms with Crippen LogP contribution in [0.25, 0.3) is 10.8 Å². The number of carbonyl (C=O) groups is 1. The van der Waals surface area contributed by atoms with Crippen LogP contribution in [-0.2, 0) is 9.53 Å². The van der Waals surface area contributed by atoms with Gasteiger partial charge in [0.15, 0.2) is 0 Å². The fraction of sp³-hybridized carbons (Fsp3) is 0.214. The molecule has 0 aliphatic carbocycles. The van der Waals surface area contributed by atoms with Crippen molar-refractivity contribution in [2.24, 2.45) is 0 Å². The summed E-state index contributed by atoms with van der Waals surface area (Å²) < 4.78 is 47.0. The highest BCUT2D eigenvalue weighted by atomic mass is 19.4. The first-order valence-corrected chi connectivity index (χ1v) is 5.72. The normalized spacial score (nSPS) is 13.0. The summed E-state index contributed by atoms with van der Waals surface area (Å²) in [6.07, 6.45) is -7.47. The molecule has 0 aliphatic heterocycles. The van der Waals surface area contributed by atoms with E-state index in [0.717, 1.165) is 17.9 Å². The standard InChI is InChI=1S/C14H11F3O3/c1-19-13(18)12(14(15,16)17)20-11-7-6-9-4-2-3-5-10(9)8-11/h2-8,12H,1H3/t12-/m1/s1. The first kappa shape index (κ1) is 14.2. The number of ether oxygens (including phenoxy) is 2. The van der Waals surface area contributed by atoms with Gasteiger partial charge in [0.05, 0.1) is 7.11 Å². The maximum Gasteiger partial charge on any atom is 0.436 e. The molecule has 0 unspecified atom stereocenters. The lowest BCUT2D eigenvalue weighted by molar-refractivity contribution is -0.209. The van der Waals surface area contributed by atoms with Crippen LogP contribution >= 0.6 is 0 Å². The third kappa shape index (κ3) is 3.01. The monoisotopic (exact) mass is 284 g/mol. The van der Waals surface area contributed by atoms with E-state index < -0.39 is 18.2 Å². The average molecular weight is 284 g/mol. The Bertz CT molecular complexity index is 622. The number of methoxy groups -OCH3 is 1. The smallest absolute Gasteiger partial charge is 0.436 e. The summed E-state index contributed by atoms with van der Waals surface area (Å²) in [5, 5.41) is 1.58. The van der Waals surface area contributed by atoms with Crippen molar-refractivity contribution < 1.29 is 27.4 Å². The summed E-state index contributed by atoms with van der Waals surface area (Å²) >= 11 is 0. The van der Waals surface area contributed by atoms with E-state index in [9.17, 15) is 18.0 Å². The van der Waals surface area contributed by atoms with Gasteiger partial charge in [-0.05, 0) is 22.9 Å². The number of hydrogen-bond acceptors (Lipinski definition) is 3. The van der Waals surface area contributed by atoms with Crippen molar-refractivity contribution in [2.75, 3.05) is 7.11 Å². The lowest BCUT2D eigenvalue weighted by Crippen LogP contribution is -2.42. The third-order valence-electron chi connectivity index (χ3n) is 2.69. The van der Waals surface area contributed by atoms with Crippen molar-refractivity contribution >= 4 is 16.7 Å². The van der Waals surface area contributed by atoms with Crippen LogP contribution in [0.2, 0.25) is 0 Å². The van der Waals surface area contributed by atoms with E-state index >= 15 is 0 Å². The highest BCUT2D eigenvalue weighted by Gasteiger charge is 2.48. The molecule has 0 fully saturated rings. The van der Waals surface area contributed by atoms with Gasteiger partial charge in [-0.25, -0.2) is 4.79 Å². The van der Waals surface area contributed by atoms with Crippen LogP contribution < -0.4 is 4.74 Å². The Morgan fingerprint density at radius 3 is 2.35 bits per heavy atom. The van der Waals surface area contributed by atoms with Gasteiger partial charge < -0.3 is 9.47 Å². The summed E-state index contributed by atoms with van der Waals surface area (Å²) in [5.74, 6) is -1.53. The Kier molecular flexibility index (Phi) is 3.83. The predicted molar refractivity (Wildman–Crippen MR) is 66.4 cm³/mol. The molecule has 2 aromatic carbocycles. The number of alkyl halides is 3. The fourth-order valence-electron chi connectivity index (χ4n) is 1.73. The molecule has 0 heterocycles. The summed E-state index contributed by atoms with van der Waals surface area (Å²) in [5.41, 5.74) is 0. The number of benzene rings is 2. The molecule has 106 valence electrons. The molecule has 0 aliphatic rings. The number of esters is 1. The van der Waals surface area contributed by atoms with Crippen molar-refractivity contribution in [3.05, 3.63) is 42.5 Å². The molecular weight excluding hydrogens is 273 g/mol. The summed E-state index contributed by atoms with van der Waals surface area (Å²) in [6.45, 7) is 0. The maximum absolute atomic E-state index is 12.7. The Morgan fingerprint density at radius 1 is 1.10 bits per heavy atom. The van der Waals surface area contributed by atoms with E-state index in [1.165, 1.54) is 12.1 Å². The molecule has 0 spiro atoms. The molecular formula is C14H11F3O3. The van der Waals surface area contributed by atoms with Gasteiger partial charge in [0, 0.05) is 0 Å². The topological polar surface area (TPSA) is 35.5 Å². The number of hydrogen-bond donors (Lipinski definition) is 0. The van der Waals surface area contributed by atoms with Crippen LogP contribution in [0.5, 0.6) is 5.75 Å². The van der Waals surface area contributed by atoms with E-state index in [0.29, 0.717) is 0 Å². The van der Waals surface area contributed by atoms with Gasteiger partial charge >= 0.3 is 12.1 Å². The van der Waals surface area contributed by atoms with Gasteiger partial charge in [-0.3, -0.25) is 0 Å². The van der Waals surface area contributed by atoms with Crippen LogP contribution in [0.15, 0.2) is 42.5 Å². The Balaban J connectivity index is 2.31. The molecule has 0 saturated carbocycles. The van der Waals surface area contributed by atoms with Crippen LogP contribution in [-0.4, -0.2) is 25.4 Å². The van der Waals surface area contributed by atoms with Crippen molar-refractivity contribution in [3.8, 4) is 5.75 Å². The molecule has 0 saturated heterocycles. The summed E-state index contributed by atoms with van der Waals surface area (Å²) in [4.78, 5) is 11.2. The Morgan fingerprint density at radius 2 is 1.75 bits per heavy atom. The maximum atomic E-state index is 12.7. The van der Waals surface area contributed by atoms with Gasteiger partial charge in [-0.2, -0.15) is 13.2 Å². The van der Waals surface area contributed by atoms with Gasteiger partial charge in [0.25, 0.3) is 6.10 Å². The lowest BCUT2D eigenvalue weighted by atomic mass is 10.1. The zero-order valence-corrected chi connectivity index (χ0v) is 10.5. The van der Waals surface area contributed by atoms with E-state index in [-0.39, 0.29) is 5.75 Å². The second kappa shape index (κ2) is 5.40. The highest BCUT2D eigenvalue weighted by Crippen LogP contribution is 2.28. The molecule has 0 bridgehead atoms. The van der Waals surface area contributed by atoms with Gasteiger partial charge in [0.1, 0.15) is 5.75 Å². The molecule has 1 atom stereocenters. The molecule has 2 aromatic rings. The van der Waals surface area contributed by atoms with Crippen LogP contribution in [0, 0.1) is 0 Å². The molecule has 0 amide bonds. The predicted octanol–water partition coefficient (Wildman–Crippen LogP) is 3.32. The van der Waals surface area contributed by atoms with Gasteiger partial charge in [0.2, 0.25) is 0 Å². The number of rotatable bonds is 3. The Hall–Kier alpha value is -2.24. The fourth-order valence-corrected chi connectivity index (χ4v) is 1.73. The highest BCUT2D eigenvalue weighted by molar-refractivity contribution is 5.84.